The molecule has 102 valence electrons. The Kier molecular flexibility index (Phi) is 4.01. The maximum atomic E-state index is 11.8. The summed E-state index contributed by atoms with van der Waals surface area (Å²) in [5.41, 5.74) is 6.99. The lowest BCUT2D eigenvalue weighted by Gasteiger charge is -2.29. The molecule has 0 saturated heterocycles. The third-order valence-electron chi connectivity index (χ3n) is 2.83. The summed E-state index contributed by atoms with van der Waals surface area (Å²) in [5.74, 6) is 0.178. The standard InChI is InChI=1S/C13H17N3O3/c1-9-2-3-10-11(6-9)19-8-13(18)16(10)7-12(17)15-5-4-14/h2-3,6H,4-5,7-8,14H2,1H3,(H,15,17). The molecule has 1 aromatic rings. The Bertz CT molecular complexity index is 502. The van der Waals surface area contributed by atoms with Crippen LogP contribution in [0.2, 0.25) is 0 Å². The number of nitrogens with one attached hydrogen (secondary N) is 1. The van der Waals surface area contributed by atoms with E-state index in [0.717, 1.165) is 5.56 Å². The van der Waals surface area contributed by atoms with Crippen LogP contribution in [0.15, 0.2) is 18.2 Å². The third kappa shape index (κ3) is 3.03. The molecule has 2 amide bonds. The van der Waals surface area contributed by atoms with E-state index in [4.69, 9.17) is 10.5 Å². The molecule has 6 nitrogen and oxygen atoms in total. The van der Waals surface area contributed by atoms with E-state index in [-0.39, 0.29) is 25.0 Å². The van der Waals surface area contributed by atoms with Gasteiger partial charge in [-0.1, -0.05) is 6.07 Å². The maximum absolute atomic E-state index is 11.8. The molecule has 1 aliphatic rings. The zero-order valence-electron chi connectivity index (χ0n) is 10.8. The van der Waals surface area contributed by atoms with Gasteiger partial charge in [0, 0.05) is 13.1 Å². The van der Waals surface area contributed by atoms with Crippen LogP contribution in [-0.4, -0.2) is 38.1 Å². The van der Waals surface area contributed by atoms with Gasteiger partial charge in [0.1, 0.15) is 12.3 Å². The Morgan fingerprint density at radius 1 is 1.53 bits per heavy atom. The Morgan fingerprint density at radius 2 is 2.32 bits per heavy atom. The Hall–Kier alpha value is -2.08. The van der Waals surface area contributed by atoms with E-state index in [1.165, 1.54) is 4.90 Å². The molecule has 2 rings (SSSR count). The van der Waals surface area contributed by atoms with E-state index in [9.17, 15) is 9.59 Å². The number of hydrogen-bond donors (Lipinski definition) is 2. The summed E-state index contributed by atoms with van der Waals surface area (Å²) in [6.07, 6.45) is 0. The fraction of sp³-hybridized carbons (Fsp3) is 0.385. The van der Waals surface area contributed by atoms with Gasteiger partial charge in [0.25, 0.3) is 5.91 Å². The number of amides is 2. The van der Waals surface area contributed by atoms with E-state index >= 15 is 0 Å². The zero-order chi connectivity index (χ0) is 13.8. The topological polar surface area (TPSA) is 84.7 Å². The smallest absolute Gasteiger partial charge is 0.265 e. The normalized spacial score (nSPS) is 13.8. The number of carbonyl (C=O) groups is 2. The van der Waals surface area contributed by atoms with Crippen LogP contribution in [0.5, 0.6) is 5.75 Å². The fourth-order valence-corrected chi connectivity index (χ4v) is 1.90. The van der Waals surface area contributed by atoms with Crippen molar-refractivity contribution in [2.24, 2.45) is 5.73 Å². The SMILES string of the molecule is Cc1ccc2c(c1)OCC(=O)N2CC(=O)NCCN. The van der Waals surface area contributed by atoms with Crippen LogP contribution in [0.3, 0.4) is 0 Å². The first-order valence-electron chi connectivity index (χ1n) is 6.12. The fourth-order valence-electron chi connectivity index (χ4n) is 1.90. The van der Waals surface area contributed by atoms with E-state index in [1.54, 1.807) is 6.07 Å². The Labute approximate surface area is 111 Å². The minimum Gasteiger partial charge on any atom is -0.482 e. The van der Waals surface area contributed by atoms with E-state index in [1.807, 2.05) is 19.1 Å². The lowest BCUT2D eigenvalue weighted by Crippen LogP contribution is -2.45. The minimum atomic E-state index is -0.229. The van der Waals surface area contributed by atoms with E-state index < -0.39 is 0 Å². The number of benzene rings is 1. The lowest BCUT2D eigenvalue weighted by molar-refractivity contribution is -0.125. The highest BCUT2D eigenvalue weighted by atomic mass is 16.5. The van der Waals surface area contributed by atoms with E-state index in [0.29, 0.717) is 24.5 Å². The van der Waals surface area contributed by atoms with Crippen molar-refractivity contribution in [3.8, 4) is 5.75 Å². The number of aryl methyl sites for hydroxylation is 1. The molecule has 3 N–H and O–H groups in total. The van der Waals surface area contributed by atoms with E-state index in [2.05, 4.69) is 5.32 Å². The average molecular weight is 263 g/mol. The number of nitrogens with two attached hydrogens (primary N) is 1. The second kappa shape index (κ2) is 5.71. The molecular weight excluding hydrogens is 246 g/mol. The molecule has 0 radical (unpaired) electrons. The number of ether oxygens (including phenoxy) is 1. The van der Waals surface area contributed by atoms with Gasteiger partial charge in [-0.25, -0.2) is 0 Å². The summed E-state index contributed by atoms with van der Waals surface area (Å²) in [4.78, 5) is 25.0. The highest BCUT2D eigenvalue weighted by Gasteiger charge is 2.27. The molecule has 1 heterocycles. The van der Waals surface area contributed by atoms with Crippen molar-refractivity contribution in [3.05, 3.63) is 23.8 Å². The Morgan fingerprint density at radius 3 is 3.05 bits per heavy atom. The van der Waals surface area contributed by atoms with Gasteiger partial charge in [-0.2, -0.15) is 0 Å². The average Bonchev–Trinajstić information content (AvgIpc) is 2.39. The summed E-state index contributed by atoms with van der Waals surface area (Å²) in [5, 5.41) is 2.64. The van der Waals surface area contributed by atoms with Gasteiger partial charge >= 0.3 is 0 Å². The first kappa shape index (κ1) is 13.4. The van der Waals surface area contributed by atoms with Crippen molar-refractivity contribution in [2.45, 2.75) is 6.92 Å². The van der Waals surface area contributed by atoms with Crippen molar-refractivity contribution in [1.82, 2.24) is 5.32 Å². The van der Waals surface area contributed by atoms with Gasteiger partial charge in [0.05, 0.1) is 5.69 Å². The van der Waals surface area contributed by atoms with Crippen LogP contribution in [0.25, 0.3) is 0 Å². The Balaban J connectivity index is 2.16. The van der Waals surface area contributed by atoms with Crippen molar-refractivity contribution in [3.63, 3.8) is 0 Å². The summed E-state index contributed by atoms with van der Waals surface area (Å²) in [7, 11) is 0. The van der Waals surface area contributed by atoms with Gasteiger partial charge in [-0.15, -0.1) is 0 Å². The van der Waals surface area contributed by atoms with Crippen molar-refractivity contribution >= 4 is 17.5 Å². The lowest BCUT2D eigenvalue weighted by atomic mass is 10.1. The van der Waals surface area contributed by atoms with Crippen LogP contribution in [0, 0.1) is 6.92 Å². The number of nitrogens with zero attached hydrogens (tertiary/aromatic N) is 1. The molecule has 0 spiro atoms. The second-order valence-corrected chi connectivity index (χ2v) is 4.38. The van der Waals surface area contributed by atoms with Gasteiger partial charge < -0.3 is 15.8 Å². The van der Waals surface area contributed by atoms with Crippen LogP contribution in [0.1, 0.15) is 5.56 Å². The molecule has 0 saturated carbocycles. The van der Waals surface area contributed by atoms with Crippen molar-refractivity contribution in [1.29, 1.82) is 0 Å². The second-order valence-electron chi connectivity index (χ2n) is 4.38. The first-order chi connectivity index (χ1) is 9.11. The first-order valence-corrected chi connectivity index (χ1v) is 6.12. The molecule has 1 aromatic carbocycles. The summed E-state index contributed by atoms with van der Waals surface area (Å²) in [6.45, 7) is 2.66. The zero-order valence-corrected chi connectivity index (χ0v) is 10.8. The van der Waals surface area contributed by atoms with Gasteiger partial charge in [-0.3, -0.25) is 14.5 Å². The molecule has 6 heteroatoms. The quantitative estimate of drug-likeness (QED) is 0.787. The van der Waals surface area contributed by atoms with Crippen LogP contribution < -0.4 is 20.7 Å². The predicted molar refractivity (Wildman–Crippen MR) is 71.1 cm³/mol. The minimum absolute atomic E-state index is 0.0156. The number of fused-ring (bicyclic) bond motifs is 1. The predicted octanol–water partition coefficient (Wildman–Crippen LogP) is -0.205. The molecule has 0 aliphatic carbocycles. The number of anilines is 1. The summed E-state index contributed by atoms with van der Waals surface area (Å²) >= 11 is 0. The number of rotatable bonds is 4. The molecule has 0 fully saturated rings. The molecule has 0 unspecified atom stereocenters. The molecule has 1 aliphatic heterocycles. The van der Waals surface area contributed by atoms with Crippen LogP contribution in [0.4, 0.5) is 5.69 Å². The third-order valence-corrected chi connectivity index (χ3v) is 2.83. The highest BCUT2D eigenvalue weighted by molar-refractivity contribution is 6.02. The maximum Gasteiger partial charge on any atom is 0.265 e. The van der Waals surface area contributed by atoms with Gasteiger partial charge in [0.15, 0.2) is 6.61 Å². The largest absolute Gasteiger partial charge is 0.482 e. The van der Waals surface area contributed by atoms with Gasteiger partial charge in [-0.05, 0) is 24.6 Å². The molecule has 0 aromatic heterocycles. The monoisotopic (exact) mass is 263 g/mol. The molecule has 0 atom stereocenters. The van der Waals surface area contributed by atoms with Crippen LogP contribution in [-0.2, 0) is 9.59 Å². The molecule has 19 heavy (non-hydrogen) atoms. The van der Waals surface area contributed by atoms with Crippen molar-refractivity contribution in [2.75, 3.05) is 31.1 Å². The highest BCUT2D eigenvalue weighted by Crippen LogP contribution is 2.32. The number of hydrogen-bond acceptors (Lipinski definition) is 4. The number of carbonyl (C=O) groups excluding carboxylic acids is 2. The van der Waals surface area contributed by atoms with Gasteiger partial charge in [0.2, 0.25) is 5.91 Å². The summed E-state index contributed by atoms with van der Waals surface area (Å²) < 4.78 is 5.37. The van der Waals surface area contributed by atoms with Crippen molar-refractivity contribution < 1.29 is 14.3 Å². The van der Waals surface area contributed by atoms with Crippen LogP contribution >= 0.6 is 0 Å². The molecule has 0 bridgehead atoms. The summed E-state index contributed by atoms with van der Waals surface area (Å²) in [6, 6.07) is 5.52. The molecular formula is C13H17N3O3.